The normalized spacial score (nSPS) is 16.7. The number of aliphatic hydroxyl groups excluding tert-OH is 1. The van der Waals surface area contributed by atoms with Crippen molar-refractivity contribution >= 4 is 32.9 Å². The van der Waals surface area contributed by atoms with Crippen molar-refractivity contribution in [3.05, 3.63) is 97.9 Å². The van der Waals surface area contributed by atoms with E-state index in [9.17, 15) is 9.90 Å². The molecule has 1 aliphatic heterocycles. The number of aliphatic hydroxyl groups is 1. The van der Waals surface area contributed by atoms with Crippen LogP contribution < -0.4 is 5.56 Å². The summed E-state index contributed by atoms with van der Waals surface area (Å²) < 4.78 is 2.14. The van der Waals surface area contributed by atoms with E-state index in [1.54, 1.807) is 11.3 Å². The fraction of sp³-hybridized carbons (Fsp3) is 0.200. The van der Waals surface area contributed by atoms with Gasteiger partial charge in [-0.2, -0.15) is 4.98 Å². The van der Waals surface area contributed by atoms with Crippen molar-refractivity contribution in [2.45, 2.75) is 32.2 Å². The standard InChI is InChI=1S/C25H20N2O2S/c28-22(15-8-2-1-3-9-15)20-17-11-5-4-10-16(17)14-27-23(20)26-24(29)21-18-12-6-7-13-19(18)30-25(21)27/h1-5,8-11,28H,6-7,12-14H2/b22-20+. The van der Waals surface area contributed by atoms with E-state index in [1.165, 1.54) is 16.9 Å². The van der Waals surface area contributed by atoms with Gasteiger partial charge in [0.2, 0.25) is 0 Å². The monoisotopic (exact) mass is 412 g/mol. The van der Waals surface area contributed by atoms with Crippen molar-refractivity contribution in [3.8, 4) is 0 Å². The molecule has 0 radical (unpaired) electrons. The summed E-state index contributed by atoms with van der Waals surface area (Å²) in [6, 6.07) is 17.6. The molecule has 3 heterocycles. The maximum atomic E-state index is 13.2. The lowest BCUT2D eigenvalue weighted by Crippen LogP contribution is -2.23. The summed E-state index contributed by atoms with van der Waals surface area (Å²) >= 11 is 1.73. The highest BCUT2D eigenvalue weighted by Gasteiger charge is 2.29. The molecular weight excluding hydrogens is 392 g/mol. The van der Waals surface area contributed by atoms with E-state index in [0.29, 0.717) is 17.9 Å². The number of thiophene rings is 1. The van der Waals surface area contributed by atoms with E-state index in [1.807, 2.05) is 48.5 Å². The molecule has 30 heavy (non-hydrogen) atoms. The largest absolute Gasteiger partial charge is 0.507 e. The van der Waals surface area contributed by atoms with Gasteiger partial charge in [-0.3, -0.25) is 4.79 Å². The van der Waals surface area contributed by atoms with Crippen molar-refractivity contribution in [2.75, 3.05) is 0 Å². The Morgan fingerprint density at radius 2 is 1.77 bits per heavy atom. The molecular formula is C25H20N2O2S. The van der Waals surface area contributed by atoms with Crippen molar-refractivity contribution in [1.82, 2.24) is 9.55 Å². The zero-order chi connectivity index (χ0) is 20.2. The average Bonchev–Trinajstić information content (AvgIpc) is 3.19. The minimum atomic E-state index is -0.173. The second-order valence-corrected chi connectivity index (χ2v) is 9.05. The van der Waals surface area contributed by atoms with Crippen LogP contribution >= 0.6 is 11.3 Å². The van der Waals surface area contributed by atoms with Crippen LogP contribution in [-0.2, 0) is 19.4 Å². The maximum Gasteiger partial charge on any atom is 0.282 e. The first-order chi connectivity index (χ1) is 14.7. The third kappa shape index (κ3) is 2.52. The van der Waals surface area contributed by atoms with Gasteiger partial charge in [0.15, 0.2) is 0 Å². The van der Waals surface area contributed by atoms with E-state index in [0.717, 1.165) is 46.2 Å². The van der Waals surface area contributed by atoms with Crippen LogP contribution in [-0.4, -0.2) is 14.7 Å². The summed E-state index contributed by atoms with van der Waals surface area (Å²) in [6.45, 7) is 0.653. The molecule has 2 aromatic heterocycles. The molecule has 5 heteroatoms. The lowest BCUT2D eigenvalue weighted by molar-refractivity contribution is 0.512. The lowest BCUT2D eigenvalue weighted by Gasteiger charge is -2.25. The van der Waals surface area contributed by atoms with E-state index in [-0.39, 0.29) is 11.3 Å². The SMILES string of the molecule is O=c1nc2n(c3sc4c(c13)CCCC4)Cc1ccccc1/C2=C(\O)c1ccccc1. The van der Waals surface area contributed by atoms with Crippen LogP contribution in [0.3, 0.4) is 0 Å². The number of hydrogen-bond donors (Lipinski definition) is 1. The summed E-state index contributed by atoms with van der Waals surface area (Å²) in [6.07, 6.45) is 4.30. The quantitative estimate of drug-likeness (QED) is 0.386. The van der Waals surface area contributed by atoms with Crippen LogP contribution in [0.4, 0.5) is 0 Å². The first-order valence-corrected chi connectivity index (χ1v) is 11.2. The van der Waals surface area contributed by atoms with Gasteiger partial charge in [0, 0.05) is 10.4 Å². The molecule has 0 fully saturated rings. The number of fused-ring (bicyclic) bond motifs is 6. The van der Waals surface area contributed by atoms with Crippen LogP contribution in [0, 0.1) is 0 Å². The molecule has 0 bridgehead atoms. The number of aromatic nitrogens is 2. The summed E-state index contributed by atoms with van der Waals surface area (Å²) in [4.78, 5) is 20.0. The molecule has 2 aromatic carbocycles. The Morgan fingerprint density at radius 3 is 2.63 bits per heavy atom. The van der Waals surface area contributed by atoms with Crippen LogP contribution in [0.1, 0.15) is 45.8 Å². The first-order valence-electron chi connectivity index (χ1n) is 10.3. The third-order valence-corrected chi connectivity index (χ3v) is 7.51. The highest BCUT2D eigenvalue weighted by molar-refractivity contribution is 7.18. The Bertz CT molecular complexity index is 1400. The number of hydrogen-bond acceptors (Lipinski definition) is 4. The number of nitrogens with zero attached hydrogens (tertiary/aromatic N) is 2. The smallest absolute Gasteiger partial charge is 0.282 e. The predicted octanol–water partition coefficient (Wildman–Crippen LogP) is 5.17. The molecule has 0 saturated heterocycles. The fourth-order valence-electron chi connectivity index (χ4n) is 4.77. The van der Waals surface area contributed by atoms with Gasteiger partial charge in [-0.1, -0.05) is 54.6 Å². The summed E-state index contributed by atoms with van der Waals surface area (Å²) in [5.74, 6) is 0.718. The van der Waals surface area contributed by atoms with Crippen molar-refractivity contribution in [3.63, 3.8) is 0 Å². The number of aryl methyl sites for hydroxylation is 2. The van der Waals surface area contributed by atoms with Crippen molar-refractivity contribution < 1.29 is 5.11 Å². The van der Waals surface area contributed by atoms with Crippen molar-refractivity contribution in [2.24, 2.45) is 0 Å². The predicted molar refractivity (Wildman–Crippen MR) is 121 cm³/mol. The summed E-state index contributed by atoms with van der Waals surface area (Å²) in [5.41, 5.74) is 4.44. The minimum absolute atomic E-state index is 0.157. The number of rotatable bonds is 1. The molecule has 4 nitrogen and oxygen atoms in total. The van der Waals surface area contributed by atoms with E-state index in [2.05, 4.69) is 15.6 Å². The average molecular weight is 413 g/mol. The Balaban J connectivity index is 1.71. The molecule has 0 unspecified atom stereocenters. The zero-order valence-corrected chi connectivity index (χ0v) is 17.2. The highest BCUT2D eigenvalue weighted by atomic mass is 32.1. The molecule has 6 rings (SSSR count). The van der Waals surface area contributed by atoms with E-state index < -0.39 is 0 Å². The second-order valence-electron chi connectivity index (χ2n) is 7.96. The number of benzene rings is 2. The Hall–Kier alpha value is -3.18. The van der Waals surface area contributed by atoms with Crippen LogP contribution in [0.25, 0.3) is 21.5 Å². The van der Waals surface area contributed by atoms with E-state index in [4.69, 9.17) is 0 Å². The van der Waals surface area contributed by atoms with E-state index >= 15 is 0 Å². The van der Waals surface area contributed by atoms with Crippen LogP contribution in [0.5, 0.6) is 0 Å². The van der Waals surface area contributed by atoms with Gasteiger partial charge in [0.1, 0.15) is 16.4 Å². The van der Waals surface area contributed by atoms with Gasteiger partial charge < -0.3 is 9.67 Å². The zero-order valence-electron chi connectivity index (χ0n) is 16.4. The fourth-order valence-corrected chi connectivity index (χ4v) is 6.16. The molecule has 0 spiro atoms. The molecule has 1 aliphatic carbocycles. The second kappa shape index (κ2) is 6.67. The van der Waals surface area contributed by atoms with Gasteiger partial charge in [0.05, 0.1) is 17.5 Å². The highest BCUT2D eigenvalue weighted by Crippen LogP contribution is 2.40. The lowest BCUT2D eigenvalue weighted by atomic mass is 9.92. The van der Waals surface area contributed by atoms with Crippen LogP contribution in [0.15, 0.2) is 59.4 Å². The maximum absolute atomic E-state index is 13.2. The van der Waals surface area contributed by atoms with Gasteiger partial charge in [-0.25, -0.2) is 0 Å². The molecule has 0 amide bonds. The summed E-state index contributed by atoms with van der Waals surface area (Å²) in [7, 11) is 0. The summed E-state index contributed by atoms with van der Waals surface area (Å²) in [5, 5.41) is 12.1. The van der Waals surface area contributed by atoms with Crippen molar-refractivity contribution in [1.29, 1.82) is 0 Å². The molecule has 0 atom stereocenters. The first kappa shape index (κ1) is 17.7. The molecule has 0 saturated carbocycles. The minimum Gasteiger partial charge on any atom is -0.507 e. The van der Waals surface area contributed by atoms with Gasteiger partial charge in [0.25, 0.3) is 5.56 Å². The molecule has 1 N–H and O–H groups in total. The molecule has 148 valence electrons. The van der Waals surface area contributed by atoms with Crippen LogP contribution in [0.2, 0.25) is 0 Å². The van der Waals surface area contributed by atoms with Gasteiger partial charge in [-0.05, 0) is 42.4 Å². The molecule has 2 aliphatic rings. The Labute approximate surface area is 177 Å². The third-order valence-electron chi connectivity index (χ3n) is 6.20. The topological polar surface area (TPSA) is 55.1 Å². The Kier molecular flexibility index (Phi) is 3.93. The van der Waals surface area contributed by atoms with Gasteiger partial charge in [-0.15, -0.1) is 11.3 Å². The Morgan fingerprint density at radius 1 is 1.00 bits per heavy atom. The molecule has 4 aromatic rings. The van der Waals surface area contributed by atoms with Gasteiger partial charge >= 0.3 is 0 Å².